The molecule has 28 heavy (non-hydrogen) atoms. The van der Waals surface area contributed by atoms with E-state index in [4.69, 9.17) is 4.74 Å². The predicted octanol–water partition coefficient (Wildman–Crippen LogP) is 4.40. The largest absolute Gasteiger partial charge is 0.494 e. The number of hydrogen-bond donors (Lipinski definition) is 0. The van der Waals surface area contributed by atoms with E-state index < -0.39 is 0 Å². The number of benzene rings is 2. The van der Waals surface area contributed by atoms with Crippen LogP contribution in [0.25, 0.3) is 10.1 Å². The second-order valence-electron chi connectivity index (χ2n) is 6.91. The van der Waals surface area contributed by atoms with Crippen LogP contribution in [-0.2, 0) is 6.54 Å². The Bertz CT molecular complexity index is 962. The van der Waals surface area contributed by atoms with Gasteiger partial charge >= 0.3 is 0 Å². The van der Waals surface area contributed by atoms with Crippen LogP contribution in [0.4, 0.5) is 4.39 Å². The van der Waals surface area contributed by atoms with Gasteiger partial charge in [0.2, 0.25) is 0 Å². The molecule has 4 rings (SSSR count). The third-order valence-electron chi connectivity index (χ3n) is 5.02. The molecule has 6 heteroatoms. The molecule has 0 N–H and O–H groups in total. The van der Waals surface area contributed by atoms with E-state index in [-0.39, 0.29) is 11.7 Å². The highest BCUT2D eigenvalue weighted by Gasteiger charge is 2.24. The lowest BCUT2D eigenvalue weighted by Crippen LogP contribution is -2.48. The minimum Gasteiger partial charge on any atom is -0.494 e. The van der Waals surface area contributed by atoms with Crippen molar-refractivity contribution < 1.29 is 13.9 Å². The van der Waals surface area contributed by atoms with Gasteiger partial charge in [0.25, 0.3) is 5.91 Å². The summed E-state index contributed by atoms with van der Waals surface area (Å²) in [6, 6.07) is 14.8. The van der Waals surface area contributed by atoms with Crippen molar-refractivity contribution in [2.75, 3.05) is 32.8 Å². The van der Waals surface area contributed by atoms with Gasteiger partial charge in [-0.15, -0.1) is 11.3 Å². The molecule has 4 nitrogen and oxygen atoms in total. The number of carbonyl (C=O) groups is 1. The first-order chi connectivity index (χ1) is 13.6. The molecule has 3 aromatic rings. The van der Waals surface area contributed by atoms with Crippen molar-refractivity contribution >= 4 is 27.3 Å². The Balaban J connectivity index is 1.35. The number of carbonyl (C=O) groups excluding carboxylic acids is 1. The van der Waals surface area contributed by atoms with Crippen molar-refractivity contribution in [2.45, 2.75) is 13.5 Å². The third kappa shape index (κ3) is 4.03. The van der Waals surface area contributed by atoms with E-state index in [0.717, 1.165) is 30.1 Å². The number of piperazine rings is 1. The Morgan fingerprint density at radius 1 is 1.11 bits per heavy atom. The quantitative estimate of drug-likeness (QED) is 0.639. The molecule has 1 aromatic heterocycles. The number of hydrogen-bond acceptors (Lipinski definition) is 4. The number of halogens is 1. The lowest BCUT2D eigenvalue weighted by atomic mass is 10.2. The monoisotopic (exact) mass is 398 g/mol. The molecule has 2 heterocycles. The molecular formula is C22H23FN2O2S. The molecule has 0 radical (unpaired) electrons. The first kappa shape index (κ1) is 18.9. The van der Waals surface area contributed by atoms with Crippen LogP contribution in [0.3, 0.4) is 0 Å². The van der Waals surface area contributed by atoms with Gasteiger partial charge < -0.3 is 9.64 Å². The van der Waals surface area contributed by atoms with Gasteiger partial charge in [-0.2, -0.15) is 0 Å². The fourth-order valence-electron chi connectivity index (χ4n) is 3.51. The summed E-state index contributed by atoms with van der Waals surface area (Å²) in [5, 5.41) is 0.532. The summed E-state index contributed by atoms with van der Waals surface area (Å²) in [4.78, 5) is 17.7. The highest BCUT2D eigenvalue weighted by atomic mass is 32.1. The second-order valence-corrected chi connectivity index (χ2v) is 7.99. The predicted molar refractivity (Wildman–Crippen MR) is 111 cm³/mol. The molecule has 0 unspecified atom stereocenters. The van der Waals surface area contributed by atoms with E-state index in [1.165, 1.54) is 23.0 Å². The summed E-state index contributed by atoms with van der Waals surface area (Å²) in [7, 11) is 0. The highest BCUT2D eigenvalue weighted by molar-refractivity contribution is 7.20. The maximum absolute atomic E-state index is 13.9. The summed E-state index contributed by atoms with van der Waals surface area (Å²) >= 11 is 1.37. The van der Waals surface area contributed by atoms with E-state index in [2.05, 4.69) is 17.0 Å². The standard InChI is InChI=1S/C22H23FN2O2S/c1-2-27-17-8-6-16(7-9-17)15-24-10-12-25(13-11-24)22(26)21-14-18-19(23)4-3-5-20(18)28-21/h3-9,14H,2,10-13,15H2,1H3. The van der Waals surface area contributed by atoms with Gasteiger partial charge in [-0.25, -0.2) is 4.39 Å². The number of thiophene rings is 1. The number of nitrogens with zero attached hydrogens (tertiary/aromatic N) is 2. The zero-order valence-corrected chi connectivity index (χ0v) is 16.7. The number of amides is 1. The first-order valence-electron chi connectivity index (χ1n) is 9.55. The molecule has 1 saturated heterocycles. The molecule has 0 bridgehead atoms. The number of ether oxygens (including phenoxy) is 1. The molecule has 0 saturated carbocycles. The lowest BCUT2D eigenvalue weighted by molar-refractivity contribution is 0.0633. The molecule has 1 aliphatic rings. The van der Waals surface area contributed by atoms with E-state index in [1.54, 1.807) is 12.1 Å². The third-order valence-corrected chi connectivity index (χ3v) is 6.11. The van der Waals surface area contributed by atoms with Gasteiger partial charge in [-0.05, 0) is 42.8 Å². The van der Waals surface area contributed by atoms with Gasteiger partial charge in [0.15, 0.2) is 0 Å². The van der Waals surface area contributed by atoms with Crippen LogP contribution in [0, 0.1) is 5.82 Å². The second kappa shape index (κ2) is 8.29. The Labute approximate surface area is 168 Å². The van der Waals surface area contributed by atoms with Gasteiger partial charge in [-0.1, -0.05) is 18.2 Å². The average molecular weight is 399 g/mol. The van der Waals surface area contributed by atoms with E-state index in [9.17, 15) is 9.18 Å². The minimum atomic E-state index is -0.270. The maximum Gasteiger partial charge on any atom is 0.264 e. The smallest absolute Gasteiger partial charge is 0.264 e. The van der Waals surface area contributed by atoms with Crippen molar-refractivity contribution in [3.05, 3.63) is 64.8 Å². The Morgan fingerprint density at radius 3 is 2.54 bits per heavy atom. The van der Waals surface area contributed by atoms with Crippen LogP contribution in [0.5, 0.6) is 5.75 Å². The maximum atomic E-state index is 13.9. The zero-order valence-electron chi connectivity index (χ0n) is 15.9. The topological polar surface area (TPSA) is 32.8 Å². The van der Waals surface area contributed by atoms with E-state index in [1.807, 2.05) is 30.0 Å². The minimum absolute atomic E-state index is 0.00122. The first-order valence-corrected chi connectivity index (χ1v) is 10.4. The Kier molecular flexibility index (Phi) is 5.59. The van der Waals surface area contributed by atoms with Gasteiger partial charge in [0.05, 0.1) is 11.5 Å². The molecular weight excluding hydrogens is 375 g/mol. The lowest BCUT2D eigenvalue weighted by Gasteiger charge is -2.34. The fourth-order valence-corrected chi connectivity index (χ4v) is 4.55. The van der Waals surface area contributed by atoms with E-state index >= 15 is 0 Å². The van der Waals surface area contributed by atoms with Crippen LogP contribution in [-0.4, -0.2) is 48.5 Å². The summed E-state index contributed by atoms with van der Waals surface area (Å²) in [5.74, 6) is 0.621. The Hall–Kier alpha value is -2.44. The van der Waals surface area contributed by atoms with Gasteiger partial charge in [-0.3, -0.25) is 9.69 Å². The molecule has 0 atom stereocenters. The van der Waals surface area contributed by atoms with Crippen molar-refractivity contribution in [3.8, 4) is 5.75 Å². The van der Waals surface area contributed by atoms with Crippen molar-refractivity contribution in [2.24, 2.45) is 0 Å². The van der Waals surface area contributed by atoms with Crippen molar-refractivity contribution in [1.82, 2.24) is 9.80 Å². The van der Waals surface area contributed by atoms with Crippen molar-refractivity contribution in [3.63, 3.8) is 0 Å². The van der Waals surface area contributed by atoms with Crippen LogP contribution in [0.1, 0.15) is 22.2 Å². The molecule has 1 aliphatic heterocycles. The molecule has 0 aliphatic carbocycles. The summed E-state index contributed by atoms with van der Waals surface area (Å²) in [6.45, 7) is 6.55. The summed E-state index contributed by atoms with van der Waals surface area (Å²) in [5.41, 5.74) is 1.24. The van der Waals surface area contributed by atoms with Crippen LogP contribution in [0.15, 0.2) is 48.5 Å². The molecule has 0 spiro atoms. The van der Waals surface area contributed by atoms with Crippen LogP contribution >= 0.6 is 11.3 Å². The van der Waals surface area contributed by atoms with E-state index in [0.29, 0.717) is 30.0 Å². The Morgan fingerprint density at radius 2 is 1.86 bits per heavy atom. The summed E-state index contributed by atoms with van der Waals surface area (Å²) in [6.07, 6.45) is 0. The fraction of sp³-hybridized carbons (Fsp3) is 0.318. The molecule has 1 fully saturated rings. The number of fused-ring (bicyclic) bond motifs is 1. The highest BCUT2D eigenvalue weighted by Crippen LogP contribution is 2.28. The van der Waals surface area contributed by atoms with Crippen molar-refractivity contribution in [1.29, 1.82) is 0 Å². The van der Waals surface area contributed by atoms with Gasteiger partial charge in [0, 0.05) is 42.8 Å². The molecule has 1 amide bonds. The SMILES string of the molecule is CCOc1ccc(CN2CCN(C(=O)c3cc4c(F)cccc4s3)CC2)cc1. The summed E-state index contributed by atoms with van der Waals surface area (Å²) < 4.78 is 20.2. The number of rotatable bonds is 5. The van der Waals surface area contributed by atoms with Crippen LogP contribution in [0.2, 0.25) is 0 Å². The van der Waals surface area contributed by atoms with Gasteiger partial charge in [0.1, 0.15) is 11.6 Å². The zero-order chi connectivity index (χ0) is 19.5. The molecule has 146 valence electrons. The average Bonchev–Trinajstić information content (AvgIpc) is 3.16. The molecule has 2 aromatic carbocycles. The van der Waals surface area contributed by atoms with Crippen LogP contribution < -0.4 is 4.74 Å². The normalized spacial score (nSPS) is 15.1.